The first-order valence-corrected chi connectivity index (χ1v) is 16.1. The smallest absolute Gasteiger partial charge is 0.124 e. The average Bonchev–Trinajstić information content (AvgIpc) is 3.77. The molecule has 4 N–H and O–H groups in total. The summed E-state index contributed by atoms with van der Waals surface area (Å²) in [6.45, 7) is 1.08. The molecule has 6 nitrogen and oxygen atoms in total. The van der Waals surface area contributed by atoms with Gasteiger partial charge in [0, 0.05) is 6.04 Å². The summed E-state index contributed by atoms with van der Waals surface area (Å²) in [6.07, 6.45) is 10.9. The van der Waals surface area contributed by atoms with E-state index in [1.807, 2.05) is 6.20 Å². The highest BCUT2D eigenvalue weighted by molar-refractivity contribution is 5.86. The number of nitrogens with one attached hydrogen (secondary N) is 4. The minimum Gasteiger partial charge on any atom is -0.341 e. The highest BCUT2D eigenvalue weighted by Gasteiger charge is 2.46. The molecule has 0 spiro atoms. The molecule has 10 rings (SSSR count). The van der Waals surface area contributed by atoms with Crippen molar-refractivity contribution < 1.29 is 0 Å². The Labute approximate surface area is 245 Å². The van der Waals surface area contributed by atoms with Gasteiger partial charge < -0.3 is 20.6 Å². The maximum atomic E-state index is 4.92. The third-order valence-electron chi connectivity index (χ3n) is 11.0. The molecule has 210 valence electrons. The summed E-state index contributed by atoms with van der Waals surface area (Å²) < 4.78 is 0. The molecule has 0 amide bonds. The van der Waals surface area contributed by atoms with Crippen LogP contribution in [0, 0.1) is 5.92 Å². The van der Waals surface area contributed by atoms with Gasteiger partial charge in [-0.3, -0.25) is 0 Å². The zero-order chi connectivity index (χ0) is 27.4. The molecular formula is C36H36N6. The molecule has 4 fully saturated rings. The first-order valence-electron chi connectivity index (χ1n) is 16.1. The molecule has 5 aromatic rings. The van der Waals surface area contributed by atoms with Gasteiger partial charge in [-0.1, -0.05) is 42.5 Å². The molecule has 6 atom stereocenters. The monoisotopic (exact) mass is 552 g/mol. The van der Waals surface area contributed by atoms with Gasteiger partial charge in [0.25, 0.3) is 0 Å². The third-order valence-corrected chi connectivity index (χ3v) is 11.0. The number of hydrogen-bond acceptors (Lipinski definition) is 4. The standard InChI is InChI=1S/C36H36N6/c1-2-28(37-13-1)36-40-27-12-9-21(15-30(27)41-36)26-11-10-25(33-22-7-8-23(14-22)34(26)33)19-3-5-20(6-4-19)32-18-38-35(42-32)31-17-24-16-29(24)39-31/h3-6,9-12,15,18,22-24,28-29,31,37,39H,1-2,7-8,13-14,16-17H2,(H,38,42)(H,40,41)/t22?,23?,24?,28-,29?,31-/m0/s1. The second kappa shape index (κ2) is 8.88. The highest BCUT2D eigenvalue weighted by Crippen LogP contribution is 2.58. The molecule has 5 aliphatic rings. The molecule has 4 heterocycles. The van der Waals surface area contributed by atoms with Gasteiger partial charge in [-0.2, -0.15) is 0 Å². The van der Waals surface area contributed by atoms with E-state index in [-0.39, 0.29) is 0 Å². The molecular weight excluding hydrogens is 516 g/mol. The average molecular weight is 553 g/mol. The Kier molecular flexibility index (Phi) is 5.03. The van der Waals surface area contributed by atoms with Crippen LogP contribution in [0.1, 0.15) is 91.6 Å². The number of H-pyrrole nitrogens is 2. The minimum absolute atomic E-state index is 0.358. The highest BCUT2D eigenvalue weighted by atomic mass is 15.1. The predicted molar refractivity (Wildman–Crippen MR) is 166 cm³/mol. The zero-order valence-corrected chi connectivity index (χ0v) is 23.8. The Morgan fingerprint density at radius 3 is 2.24 bits per heavy atom. The van der Waals surface area contributed by atoms with Crippen LogP contribution < -0.4 is 10.6 Å². The summed E-state index contributed by atoms with van der Waals surface area (Å²) in [5.74, 6) is 4.39. The molecule has 42 heavy (non-hydrogen) atoms. The van der Waals surface area contributed by atoms with Crippen LogP contribution in [-0.2, 0) is 0 Å². The second-order valence-corrected chi connectivity index (χ2v) is 13.5. The Hall–Kier alpha value is -3.74. The molecule has 6 heteroatoms. The lowest BCUT2D eigenvalue weighted by molar-refractivity contribution is 0.543. The number of rotatable bonds is 5. The summed E-state index contributed by atoms with van der Waals surface area (Å²) in [4.78, 5) is 16.9. The van der Waals surface area contributed by atoms with Gasteiger partial charge in [0.2, 0.25) is 0 Å². The van der Waals surface area contributed by atoms with Gasteiger partial charge in [-0.15, -0.1) is 0 Å². The van der Waals surface area contributed by atoms with Gasteiger partial charge in [0.05, 0.1) is 35.0 Å². The molecule has 2 aromatic heterocycles. The molecule has 2 saturated carbocycles. The number of benzene rings is 3. The summed E-state index contributed by atoms with van der Waals surface area (Å²) >= 11 is 0. The van der Waals surface area contributed by atoms with E-state index < -0.39 is 0 Å². The Balaban J connectivity index is 0.985. The van der Waals surface area contributed by atoms with Crippen molar-refractivity contribution in [3.63, 3.8) is 0 Å². The van der Waals surface area contributed by atoms with Gasteiger partial charge in [-0.25, -0.2) is 9.97 Å². The van der Waals surface area contributed by atoms with Crippen molar-refractivity contribution in [3.8, 4) is 33.5 Å². The Bertz CT molecular complexity index is 1830. The van der Waals surface area contributed by atoms with E-state index in [0.717, 1.165) is 53.3 Å². The van der Waals surface area contributed by atoms with Gasteiger partial charge in [-0.05, 0) is 120 Å². The Morgan fingerprint density at radius 1 is 0.690 bits per heavy atom. The lowest BCUT2D eigenvalue weighted by Crippen LogP contribution is -2.18. The molecule has 2 aliphatic heterocycles. The van der Waals surface area contributed by atoms with Crippen LogP contribution in [0.5, 0.6) is 0 Å². The van der Waals surface area contributed by atoms with Crippen molar-refractivity contribution in [2.75, 3.05) is 6.54 Å². The van der Waals surface area contributed by atoms with Crippen molar-refractivity contribution >= 4 is 11.0 Å². The largest absolute Gasteiger partial charge is 0.341 e. The summed E-state index contributed by atoms with van der Waals surface area (Å²) in [5, 5.41) is 7.29. The number of fused-ring (bicyclic) bond motifs is 7. The molecule has 2 bridgehead atoms. The first-order chi connectivity index (χ1) is 20.7. The van der Waals surface area contributed by atoms with E-state index >= 15 is 0 Å². The summed E-state index contributed by atoms with van der Waals surface area (Å²) in [5.41, 5.74) is 13.2. The minimum atomic E-state index is 0.358. The lowest BCUT2D eigenvalue weighted by Gasteiger charge is -2.23. The number of nitrogens with zero attached hydrogens (tertiary/aromatic N) is 2. The molecule has 0 radical (unpaired) electrons. The van der Waals surface area contributed by atoms with E-state index in [1.165, 1.54) is 66.3 Å². The molecule has 3 aliphatic carbocycles. The third kappa shape index (κ3) is 3.64. The van der Waals surface area contributed by atoms with Gasteiger partial charge in [0.15, 0.2) is 0 Å². The maximum absolute atomic E-state index is 4.92. The summed E-state index contributed by atoms with van der Waals surface area (Å²) in [6, 6.07) is 22.2. The van der Waals surface area contributed by atoms with E-state index in [0.29, 0.717) is 23.9 Å². The van der Waals surface area contributed by atoms with E-state index in [9.17, 15) is 0 Å². The van der Waals surface area contributed by atoms with Crippen LogP contribution in [0.4, 0.5) is 0 Å². The first kappa shape index (κ1) is 23.8. The number of aromatic amines is 2. The quantitative estimate of drug-likeness (QED) is 0.182. The maximum Gasteiger partial charge on any atom is 0.124 e. The van der Waals surface area contributed by atoms with Crippen LogP contribution >= 0.6 is 0 Å². The fourth-order valence-electron chi connectivity index (χ4n) is 8.83. The Morgan fingerprint density at radius 2 is 1.48 bits per heavy atom. The SMILES string of the molecule is c1cc(-c2ccc(-c3ccc4nc([C@@H]5CCCN5)[nH]c4c3)c3c2C2CCC3C2)ccc1-c1cnc([C@@H]2CC3CC3N2)[nH]1. The number of imidazole rings is 2. The fraction of sp³-hybridized carbons (Fsp3) is 0.389. The number of aromatic nitrogens is 4. The predicted octanol–water partition coefficient (Wildman–Crippen LogP) is 7.50. The van der Waals surface area contributed by atoms with Crippen LogP contribution in [0.15, 0.2) is 60.8 Å². The van der Waals surface area contributed by atoms with Gasteiger partial charge in [0.1, 0.15) is 11.6 Å². The van der Waals surface area contributed by atoms with Crippen molar-refractivity contribution in [3.05, 3.63) is 83.6 Å². The zero-order valence-electron chi connectivity index (χ0n) is 23.8. The van der Waals surface area contributed by atoms with Crippen LogP contribution in [0.2, 0.25) is 0 Å². The van der Waals surface area contributed by atoms with E-state index in [4.69, 9.17) is 9.97 Å². The van der Waals surface area contributed by atoms with Crippen molar-refractivity contribution in [1.29, 1.82) is 0 Å². The normalized spacial score (nSPS) is 29.0. The van der Waals surface area contributed by atoms with Crippen LogP contribution in [0.25, 0.3) is 44.5 Å². The molecule has 4 unspecified atom stereocenters. The number of piperidine rings is 1. The van der Waals surface area contributed by atoms with Crippen molar-refractivity contribution in [2.45, 2.75) is 74.9 Å². The van der Waals surface area contributed by atoms with E-state index in [2.05, 4.69) is 75.2 Å². The second-order valence-electron chi connectivity index (χ2n) is 13.5. The molecule has 2 saturated heterocycles. The van der Waals surface area contributed by atoms with Crippen LogP contribution in [-0.4, -0.2) is 32.5 Å². The number of hydrogen-bond donors (Lipinski definition) is 4. The lowest BCUT2D eigenvalue weighted by atomic mass is 9.81. The fourth-order valence-corrected chi connectivity index (χ4v) is 8.83. The van der Waals surface area contributed by atoms with Crippen LogP contribution in [0.3, 0.4) is 0 Å². The topological polar surface area (TPSA) is 81.4 Å². The molecule has 3 aromatic carbocycles. The van der Waals surface area contributed by atoms with E-state index in [1.54, 1.807) is 11.1 Å². The summed E-state index contributed by atoms with van der Waals surface area (Å²) in [7, 11) is 0. The van der Waals surface area contributed by atoms with Gasteiger partial charge >= 0.3 is 0 Å². The van der Waals surface area contributed by atoms with Crippen molar-refractivity contribution in [2.24, 2.45) is 5.92 Å². The van der Waals surface area contributed by atoms with Crippen molar-refractivity contribution in [1.82, 2.24) is 30.6 Å².